The normalized spacial score (nSPS) is 17.1. The molecular weight excluding hydrogens is 309 g/mol. The Bertz CT molecular complexity index is 528. The number of anilines is 1. The van der Waals surface area contributed by atoms with Crippen LogP contribution in [0.5, 0.6) is 5.75 Å². The minimum atomic E-state index is -4.75. The number of hydrogen-bond acceptors (Lipinski definition) is 3. The summed E-state index contributed by atoms with van der Waals surface area (Å²) in [4.78, 5) is 6.46. The molecule has 1 aliphatic rings. The van der Waals surface area contributed by atoms with Crippen LogP contribution < -0.4 is 15.8 Å². The standard InChI is InChI=1S/C15H21F3N4O/c16-15(17,18)23-13-7-3-2-6-12(13)21-14(19)20-8-11-22-9-4-1-5-10-22/h2-3,6-7H,1,4-5,8-11H2,(H3,19,20,21). The van der Waals surface area contributed by atoms with E-state index in [1.54, 1.807) is 6.07 Å². The second-order valence-corrected chi connectivity index (χ2v) is 5.34. The number of guanidine groups is 1. The maximum absolute atomic E-state index is 12.4. The summed E-state index contributed by atoms with van der Waals surface area (Å²) in [6.45, 7) is 3.42. The van der Waals surface area contributed by atoms with Crippen LogP contribution >= 0.6 is 0 Å². The fourth-order valence-corrected chi connectivity index (χ4v) is 2.46. The van der Waals surface area contributed by atoms with Gasteiger partial charge in [-0.05, 0) is 38.1 Å². The van der Waals surface area contributed by atoms with Crippen molar-refractivity contribution >= 4 is 11.6 Å². The second-order valence-electron chi connectivity index (χ2n) is 5.34. The van der Waals surface area contributed by atoms with E-state index in [0.717, 1.165) is 19.6 Å². The lowest BCUT2D eigenvalue weighted by Gasteiger charge is -2.25. The van der Waals surface area contributed by atoms with Crippen molar-refractivity contribution in [1.82, 2.24) is 4.90 Å². The van der Waals surface area contributed by atoms with Crippen molar-refractivity contribution in [3.05, 3.63) is 24.3 Å². The lowest BCUT2D eigenvalue weighted by atomic mass is 10.1. The van der Waals surface area contributed by atoms with E-state index < -0.39 is 6.36 Å². The number of rotatable bonds is 5. The van der Waals surface area contributed by atoms with Crippen LogP contribution in [0.3, 0.4) is 0 Å². The number of nitrogens with one attached hydrogen (secondary N) is 1. The molecule has 0 aromatic heterocycles. The van der Waals surface area contributed by atoms with Crippen molar-refractivity contribution < 1.29 is 17.9 Å². The first kappa shape index (κ1) is 17.4. The molecule has 1 heterocycles. The van der Waals surface area contributed by atoms with E-state index in [9.17, 15) is 13.2 Å². The molecule has 128 valence electrons. The molecule has 0 aliphatic carbocycles. The summed E-state index contributed by atoms with van der Waals surface area (Å²) in [6, 6.07) is 5.72. The highest BCUT2D eigenvalue weighted by Crippen LogP contribution is 2.29. The van der Waals surface area contributed by atoms with Crippen LogP contribution in [0, 0.1) is 0 Å². The fourth-order valence-electron chi connectivity index (χ4n) is 2.46. The smallest absolute Gasteiger partial charge is 0.404 e. The Balaban J connectivity index is 1.88. The summed E-state index contributed by atoms with van der Waals surface area (Å²) in [5, 5.41) is 2.66. The Morgan fingerprint density at radius 2 is 1.91 bits per heavy atom. The summed E-state index contributed by atoms with van der Waals surface area (Å²) in [5.41, 5.74) is 5.87. The predicted molar refractivity (Wildman–Crippen MR) is 83.5 cm³/mol. The van der Waals surface area contributed by atoms with Crippen LogP contribution in [0.15, 0.2) is 29.3 Å². The van der Waals surface area contributed by atoms with E-state index in [1.807, 2.05) is 0 Å². The van der Waals surface area contributed by atoms with Gasteiger partial charge in [0.2, 0.25) is 0 Å². The summed E-state index contributed by atoms with van der Waals surface area (Å²) in [5.74, 6) is -0.269. The molecule has 3 N–H and O–H groups in total. The molecule has 2 rings (SSSR count). The van der Waals surface area contributed by atoms with Gasteiger partial charge in [0.05, 0.1) is 12.2 Å². The van der Waals surface area contributed by atoms with E-state index in [1.165, 1.54) is 37.5 Å². The minimum Gasteiger partial charge on any atom is -0.404 e. The number of piperidine rings is 1. The first-order chi connectivity index (χ1) is 10.9. The van der Waals surface area contributed by atoms with Crippen molar-refractivity contribution in [2.75, 3.05) is 31.5 Å². The lowest BCUT2D eigenvalue weighted by molar-refractivity contribution is -0.274. The molecule has 8 heteroatoms. The van der Waals surface area contributed by atoms with Gasteiger partial charge in [0.25, 0.3) is 0 Å². The molecule has 0 spiro atoms. The van der Waals surface area contributed by atoms with Crippen molar-refractivity contribution in [3.63, 3.8) is 0 Å². The number of benzene rings is 1. The van der Waals surface area contributed by atoms with Gasteiger partial charge in [-0.15, -0.1) is 13.2 Å². The first-order valence-corrected chi connectivity index (χ1v) is 7.58. The number of hydrogen-bond donors (Lipinski definition) is 2. The second kappa shape index (κ2) is 8.05. The van der Waals surface area contributed by atoms with E-state index in [2.05, 4.69) is 19.9 Å². The average molecular weight is 330 g/mol. The van der Waals surface area contributed by atoms with Crippen LogP contribution in [-0.2, 0) is 0 Å². The molecule has 0 unspecified atom stereocenters. The summed E-state index contributed by atoms with van der Waals surface area (Å²) < 4.78 is 41.0. The first-order valence-electron chi connectivity index (χ1n) is 7.58. The van der Waals surface area contributed by atoms with Gasteiger partial charge >= 0.3 is 6.36 Å². The number of halogens is 3. The van der Waals surface area contributed by atoms with Crippen LogP contribution in [0.25, 0.3) is 0 Å². The predicted octanol–water partition coefficient (Wildman–Crippen LogP) is 2.80. The third kappa shape index (κ3) is 6.35. The highest BCUT2D eigenvalue weighted by Gasteiger charge is 2.32. The number of likely N-dealkylation sites (tertiary alicyclic amines) is 1. The van der Waals surface area contributed by atoms with Crippen molar-refractivity contribution in [1.29, 1.82) is 0 Å². The molecule has 1 aromatic rings. The van der Waals surface area contributed by atoms with Crippen molar-refractivity contribution in [2.24, 2.45) is 10.7 Å². The molecular formula is C15H21F3N4O. The third-order valence-electron chi connectivity index (χ3n) is 3.52. The van der Waals surface area contributed by atoms with E-state index >= 15 is 0 Å². The molecule has 1 aliphatic heterocycles. The zero-order valence-electron chi connectivity index (χ0n) is 12.8. The molecule has 1 aromatic carbocycles. The molecule has 0 saturated carbocycles. The van der Waals surface area contributed by atoms with E-state index in [0.29, 0.717) is 6.54 Å². The van der Waals surface area contributed by atoms with E-state index in [4.69, 9.17) is 5.73 Å². The average Bonchev–Trinajstić information content (AvgIpc) is 2.49. The van der Waals surface area contributed by atoms with Gasteiger partial charge in [-0.1, -0.05) is 18.6 Å². The number of aliphatic imine (C=N–C) groups is 1. The molecule has 23 heavy (non-hydrogen) atoms. The molecule has 0 bridgehead atoms. The van der Waals surface area contributed by atoms with Gasteiger partial charge in [-0.25, -0.2) is 0 Å². The zero-order valence-corrected chi connectivity index (χ0v) is 12.8. The van der Waals surface area contributed by atoms with Crippen LogP contribution in [0.2, 0.25) is 0 Å². The molecule has 5 nitrogen and oxygen atoms in total. The molecule has 1 saturated heterocycles. The summed E-state index contributed by atoms with van der Waals surface area (Å²) in [6.07, 6.45) is -1.10. The van der Waals surface area contributed by atoms with Gasteiger partial charge in [0.1, 0.15) is 0 Å². The van der Waals surface area contributed by atoms with Crippen LogP contribution in [0.4, 0.5) is 18.9 Å². The maximum Gasteiger partial charge on any atom is 0.573 e. The van der Waals surface area contributed by atoms with Gasteiger partial charge in [-0.2, -0.15) is 0 Å². The SMILES string of the molecule is NC(=NCCN1CCCCC1)Nc1ccccc1OC(F)(F)F. The Labute approximate surface area is 133 Å². The highest BCUT2D eigenvalue weighted by molar-refractivity contribution is 5.93. The molecule has 0 atom stereocenters. The number of alkyl halides is 3. The van der Waals surface area contributed by atoms with E-state index in [-0.39, 0.29) is 17.4 Å². The van der Waals surface area contributed by atoms with Gasteiger partial charge < -0.3 is 20.7 Å². The molecule has 0 radical (unpaired) electrons. The van der Waals surface area contributed by atoms with Gasteiger partial charge in [0, 0.05) is 6.54 Å². The fraction of sp³-hybridized carbons (Fsp3) is 0.533. The minimum absolute atomic E-state index is 0.0697. The lowest BCUT2D eigenvalue weighted by Crippen LogP contribution is -2.32. The number of nitrogens with two attached hydrogens (primary N) is 1. The monoisotopic (exact) mass is 330 g/mol. The Morgan fingerprint density at radius 3 is 2.61 bits per heavy atom. The van der Waals surface area contributed by atoms with Gasteiger partial charge in [0.15, 0.2) is 11.7 Å². The summed E-state index contributed by atoms with van der Waals surface area (Å²) >= 11 is 0. The number of nitrogens with zero attached hydrogens (tertiary/aromatic N) is 2. The third-order valence-corrected chi connectivity index (χ3v) is 3.52. The topological polar surface area (TPSA) is 62.9 Å². The van der Waals surface area contributed by atoms with Gasteiger partial charge in [-0.3, -0.25) is 4.99 Å². The van der Waals surface area contributed by atoms with Crippen molar-refractivity contribution in [2.45, 2.75) is 25.6 Å². The maximum atomic E-state index is 12.4. The quantitative estimate of drug-likeness (QED) is 0.644. The highest BCUT2D eigenvalue weighted by atomic mass is 19.4. The van der Waals surface area contributed by atoms with Crippen LogP contribution in [-0.4, -0.2) is 43.4 Å². The zero-order chi connectivity index (χ0) is 16.7. The van der Waals surface area contributed by atoms with Crippen LogP contribution in [0.1, 0.15) is 19.3 Å². The molecule has 1 fully saturated rings. The number of ether oxygens (including phenoxy) is 1. The number of para-hydroxylation sites is 2. The van der Waals surface area contributed by atoms with Crippen molar-refractivity contribution in [3.8, 4) is 5.75 Å². The Kier molecular flexibility index (Phi) is 6.09. The summed E-state index contributed by atoms with van der Waals surface area (Å²) in [7, 11) is 0. The Hall–Kier alpha value is -1.96. The Morgan fingerprint density at radius 1 is 1.22 bits per heavy atom. The largest absolute Gasteiger partial charge is 0.573 e. The molecule has 0 amide bonds.